The molecule has 142 valence electrons. The van der Waals surface area contributed by atoms with Crippen LogP contribution >= 0.6 is 11.8 Å². The molecule has 0 aromatic rings. The molecule has 2 aliphatic rings. The summed E-state index contributed by atoms with van der Waals surface area (Å²) in [6, 6.07) is 3.79. The van der Waals surface area contributed by atoms with E-state index in [1.165, 1.54) is 13.1 Å². The quantitative estimate of drug-likeness (QED) is 0.660. The zero-order valence-electron chi connectivity index (χ0n) is 15.5. The van der Waals surface area contributed by atoms with E-state index in [1.807, 2.05) is 12.1 Å². The van der Waals surface area contributed by atoms with Crippen LogP contribution in [0.4, 0.5) is 0 Å². The molecule has 26 heavy (non-hydrogen) atoms. The number of amides is 1. The number of quaternary nitrogens is 1. The molecule has 0 bridgehead atoms. The molecule has 8 nitrogen and oxygen atoms in total. The Hall–Kier alpha value is -2.07. The fourth-order valence-electron chi connectivity index (χ4n) is 2.50. The molecule has 0 aromatic heterocycles. The lowest BCUT2D eigenvalue weighted by Crippen LogP contribution is -2.48. The maximum absolute atomic E-state index is 11.7. The van der Waals surface area contributed by atoms with E-state index in [2.05, 4.69) is 19.4 Å². The molecule has 0 aliphatic carbocycles. The second-order valence-electron chi connectivity index (χ2n) is 7.24. The van der Waals surface area contributed by atoms with Gasteiger partial charge in [0, 0.05) is 11.2 Å². The van der Waals surface area contributed by atoms with E-state index in [-0.39, 0.29) is 16.4 Å². The number of allylic oxidation sites excluding steroid dienone is 1. The summed E-state index contributed by atoms with van der Waals surface area (Å²) in [5.74, 6) is -3.16. The Kier molecular flexibility index (Phi) is 7.64. The number of carboxylic acid groups (broad SMARTS) is 1. The Morgan fingerprint density at radius 3 is 2.35 bits per heavy atom. The van der Waals surface area contributed by atoms with E-state index in [1.54, 1.807) is 13.8 Å². The van der Waals surface area contributed by atoms with Gasteiger partial charge in [0.1, 0.15) is 19.0 Å². The van der Waals surface area contributed by atoms with Gasteiger partial charge < -0.3 is 24.4 Å². The molecule has 1 fully saturated rings. The SMILES string of the molecule is CC1(C)C(C#N)=C(SCC(=O)[O-])NC(=O)C1C#N.C[N+]1(C)CCOCC1. The van der Waals surface area contributed by atoms with Gasteiger partial charge in [0.25, 0.3) is 0 Å². The van der Waals surface area contributed by atoms with Crippen LogP contribution < -0.4 is 10.4 Å². The van der Waals surface area contributed by atoms with E-state index in [9.17, 15) is 14.7 Å². The number of thioether (sulfide) groups is 1. The molecule has 0 spiro atoms. The summed E-state index contributed by atoms with van der Waals surface area (Å²) in [6.45, 7) is 7.43. The van der Waals surface area contributed by atoms with E-state index in [4.69, 9.17) is 15.3 Å². The van der Waals surface area contributed by atoms with Crippen LogP contribution in [0.25, 0.3) is 0 Å². The Balaban J connectivity index is 0.000000350. The first kappa shape index (κ1) is 22.0. The van der Waals surface area contributed by atoms with Crippen LogP contribution in [0.3, 0.4) is 0 Å². The van der Waals surface area contributed by atoms with Crippen molar-refractivity contribution >= 4 is 23.6 Å². The van der Waals surface area contributed by atoms with Crippen LogP contribution in [0.2, 0.25) is 0 Å². The molecule has 1 atom stereocenters. The topological polar surface area (TPSA) is 126 Å². The van der Waals surface area contributed by atoms with Gasteiger partial charge in [0.05, 0.1) is 56.0 Å². The predicted octanol–water partition coefficient (Wildman–Crippen LogP) is -0.407. The van der Waals surface area contributed by atoms with Gasteiger partial charge in [-0.25, -0.2) is 0 Å². The summed E-state index contributed by atoms with van der Waals surface area (Å²) in [7, 11) is 4.48. The van der Waals surface area contributed by atoms with Gasteiger partial charge in [-0.05, 0) is 0 Å². The number of carbonyl (C=O) groups is 2. The van der Waals surface area contributed by atoms with Crippen molar-refractivity contribution in [3.05, 3.63) is 10.6 Å². The standard InChI is InChI=1S/C11H11N3O3S.C6H14NO/c1-11(2)6(3-12)9(17)14-10(7(11)4-13)18-5-8(15)16;1-7(2)3-5-8-6-4-7/h6H,5H2,1-2H3,(H,14,17)(H,15,16);3-6H2,1-2H3/q;+1/p-1. The fraction of sp³-hybridized carbons (Fsp3) is 0.647. The van der Waals surface area contributed by atoms with Crippen molar-refractivity contribution in [2.24, 2.45) is 11.3 Å². The number of carbonyl (C=O) groups excluding carboxylic acids is 2. The second-order valence-corrected chi connectivity index (χ2v) is 8.23. The number of rotatable bonds is 3. The summed E-state index contributed by atoms with van der Waals surface area (Å²) in [6.07, 6.45) is 0. The minimum Gasteiger partial charge on any atom is -0.549 e. The Morgan fingerprint density at radius 1 is 1.38 bits per heavy atom. The highest BCUT2D eigenvalue weighted by atomic mass is 32.2. The lowest BCUT2D eigenvalue weighted by Gasteiger charge is -2.34. The number of nitriles is 2. The Bertz CT molecular complexity index is 665. The zero-order chi connectivity index (χ0) is 20.0. The third-order valence-electron chi connectivity index (χ3n) is 4.35. The molecule has 1 N–H and O–H groups in total. The molecular formula is C17H24N4O4S. The highest BCUT2D eigenvalue weighted by molar-refractivity contribution is 8.03. The molecule has 0 saturated carbocycles. The number of hydrogen-bond acceptors (Lipinski definition) is 7. The summed E-state index contributed by atoms with van der Waals surface area (Å²) in [5, 5.41) is 31.1. The number of nitrogens with zero attached hydrogens (tertiary/aromatic N) is 3. The summed E-state index contributed by atoms with van der Waals surface area (Å²) in [5.41, 5.74) is -0.736. The number of ether oxygens (including phenoxy) is 1. The van der Waals surface area contributed by atoms with Gasteiger partial charge in [-0.3, -0.25) is 4.79 Å². The Morgan fingerprint density at radius 2 is 1.96 bits per heavy atom. The van der Waals surface area contributed by atoms with Crippen LogP contribution in [0.5, 0.6) is 0 Å². The third kappa shape index (κ3) is 5.73. The molecule has 2 heterocycles. The first-order chi connectivity index (χ1) is 12.0. The van der Waals surface area contributed by atoms with Crippen LogP contribution in [-0.4, -0.2) is 62.5 Å². The first-order valence-corrected chi connectivity index (χ1v) is 9.11. The van der Waals surface area contributed by atoms with E-state index < -0.39 is 23.2 Å². The van der Waals surface area contributed by atoms with Crippen molar-refractivity contribution in [3.63, 3.8) is 0 Å². The Labute approximate surface area is 158 Å². The minimum atomic E-state index is -1.29. The number of carboxylic acids is 1. The predicted molar refractivity (Wildman–Crippen MR) is 93.8 cm³/mol. The van der Waals surface area contributed by atoms with Crippen molar-refractivity contribution < 1.29 is 23.9 Å². The summed E-state index contributed by atoms with van der Waals surface area (Å²) < 4.78 is 6.31. The highest BCUT2D eigenvalue weighted by Crippen LogP contribution is 2.41. The van der Waals surface area contributed by atoms with E-state index >= 15 is 0 Å². The number of morpholine rings is 1. The van der Waals surface area contributed by atoms with Crippen molar-refractivity contribution in [2.75, 3.05) is 46.2 Å². The van der Waals surface area contributed by atoms with Crippen molar-refractivity contribution in [1.82, 2.24) is 5.32 Å². The second kappa shape index (κ2) is 9.04. The number of nitrogens with one attached hydrogen (secondary N) is 1. The third-order valence-corrected chi connectivity index (χ3v) is 5.32. The normalized spacial score (nSPS) is 23.6. The minimum absolute atomic E-state index is 0.184. The van der Waals surface area contributed by atoms with Crippen LogP contribution in [0.15, 0.2) is 10.6 Å². The van der Waals surface area contributed by atoms with Crippen molar-refractivity contribution in [1.29, 1.82) is 10.5 Å². The molecule has 1 unspecified atom stereocenters. The van der Waals surface area contributed by atoms with E-state index in [0.29, 0.717) is 0 Å². The zero-order valence-corrected chi connectivity index (χ0v) is 16.3. The van der Waals surface area contributed by atoms with E-state index in [0.717, 1.165) is 29.5 Å². The average Bonchev–Trinajstić information content (AvgIpc) is 2.52. The number of hydrogen-bond donors (Lipinski definition) is 1. The maximum Gasteiger partial charge on any atom is 0.243 e. The van der Waals surface area contributed by atoms with Crippen molar-refractivity contribution in [3.8, 4) is 12.1 Å². The molecule has 1 amide bonds. The highest BCUT2D eigenvalue weighted by Gasteiger charge is 2.44. The number of likely N-dealkylation sites (N-methyl/N-ethyl adjacent to an activating group) is 1. The summed E-state index contributed by atoms with van der Waals surface area (Å²) in [4.78, 5) is 22.1. The maximum atomic E-state index is 11.7. The van der Waals surface area contributed by atoms with Gasteiger partial charge in [0.2, 0.25) is 5.91 Å². The summed E-state index contributed by atoms with van der Waals surface area (Å²) >= 11 is 0.810. The van der Waals surface area contributed by atoms with Crippen molar-refractivity contribution in [2.45, 2.75) is 13.8 Å². The van der Waals surface area contributed by atoms with Crippen LogP contribution in [0.1, 0.15) is 13.8 Å². The lowest BCUT2D eigenvalue weighted by atomic mass is 9.72. The molecular weight excluding hydrogens is 356 g/mol. The van der Waals surface area contributed by atoms with Gasteiger partial charge in [-0.2, -0.15) is 10.5 Å². The molecule has 0 radical (unpaired) electrons. The van der Waals surface area contributed by atoms with Crippen LogP contribution in [0, 0.1) is 34.0 Å². The monoisotopic (exact) mass is 380 g/mol. The molecule has 2 rings (SSSR count). The van der Waals surface area contributed by atoms with Gasteiger partial charge in [-0.1, -0.05) is 13.8 Å². The fourth-order valence-corrected chi connectivity index (χ4v) is 3.39. The molecule has 1 saturated heterocycles. The average molecular weight is 380 g/mol. The van der Waals surface area contributed by atoms with Gasteiger partial charge in [0.15, 0.2) is 0 Å². The molecule has 0 aromatic carbocycles. The van der Waals surface area contributed by atoms with Gasteiger partial charge in [-0.15, -0.1) is 11.8 Å². The molecule has 2 aliphatic heterocycles. The van der Waals surface area contributed by atoms with Crippen LogP contribution in [-0.2, 0) is 14.3 Å². The first-order valence-electron chi connectivity index (χ1n) is 8.13. The smallest absolute Gasteiger partial charge is 0.243 e. The number of aliphatic carboxylic acids is 1. The largest absolute Gasteiger partial charge is 0.549 e. The lowest BCUT2D eigenvalue weighted by molar-refractivity contribution is -0.898. The molecule has 9 heteroatoms. The van der Waals surface area contributed by atoms with Gasteiger partial charge >= 0.3 is 0 Å².